The molecule has 0 saturated carbocycles. The molecule has 2 aliphatic rings. The zero-order valence-electron chi connectivity index (χ0n) is 28.6. The molecule has 2 nitrogen and oxygen atoms in total. The van der Waals surface area contributed by atoms with Crippen molar-refractivity contribution < 1.29 is 26.2 Å². The van der Waals surface area contributed by atoms with Crippen LogP contribution in [0, 0.1) is 12.2 Å². The van der Waals surface area contributed by atoms with E-state index in [0.717, 1.165) is 11.4 Å². The van der Waals surface area contributed by atoms with Gasteiger partial charge in [0.1, 0.15) is 0 Å². The maximum atomic E-state index is 4.51. The zero-order chi connectivity index (χ0) is 33.0. The number of benzene rings is 4. The van der Waals surface area contributed by atoms with Gasteiger partial charge >= 0.3 is 26.2 Å². The van der Waals surface area contributed by atoms with Crippen molar-refractivity contribution in [3.05, 3.63) is 191 Å². The summed E-state index contributed by atoms with van der Waals surface area (Å²) in [5.74, 6) is 1.39. The fraction of sp³-hybridized carbons (Fsp3) is 0.174. The summed E-state index contributed by atoms with van der Waals surface area (Å²) in [5, 5.41) is 0. The van der Waals surface area contributed by atoms with Gasteiger partial charge in [-0.3, -0.25) is 22.1 Å². The van der Waals surface area contributed by atoms with Crippen LogP contribution in [0.3, 0.4) is 0 Å². The first-order valence-corrected chi connectivity index (χ1v) is 16.9. The van der Waals surface area contributed by atoms with Gasteiger partial charge in [-0.15, -0.1) is 11.1 Å². The predicted molar refractivity (Wildman–Crippen MR) is 200 cm³/mol. The van der Waals surface area contributed by atoms with Gasteiger partial charge in [0.05, 0.1) is 0 Å². The van der Waals surface area contributed by atoms with E-state index in [9.17, 15) is 0 Å². The van der Waals surface area contributed by atoms with Crippen LogP contribution in [-0.2, 0) is 26.2 Å². The van der Waals surface area contributed by atoms with Crippen molar-refractivity contribution in [3.8, 4) is 22.3 Å². The van der Waals surface area contributed by atoms with E-state index in [1.54, 1.807) is 0 Å². The van der Waals surface area contributed by atoms with Crippen molar-refractivity contribution in [2.45, 2.75) is 51.4 Å². The summed E-state index contributed by atoms with van der Waals surface area (Å²) in [6.07, 6.45) is 14.9. The van der Waals surface area contributed by atoms with E-state index in [-0.39, 0.29) is 38.0 Å². The fourth-order valence-corrected chi connectivity index (χ4v) is 6.69. The van der Waals surface area contributed by atoms with Gasteiger partial charge in [0, 0.05) is 23.8 Å². The average molecular weight is 712 g/mol. The Kier molecular flexibility index (Phi) is 10.8. The molecule has 0 amide bonds. The number of pyridine rings is 2. The van der Waals surface area contributed by atoms with Crippen LogP contribution in [0.5, 0.6) is 0 Å². The van der Waals surface area contributed by atoms with Crippen LogP contribution in [0.2, 0.25) is 0 Å². The Balaban J connectivity index is 0.000000167. The Bertz CT molecular complexity index is 1910. The van der Waals surface area contributed by atoms with Crippen LogP contribution in [-0.4, -0.2) is 9.97 Å². The summed E-state index contributed by atoms with van der Waals surface area (Å²) in [5.41, 5.74) is 15.0. The molecular formula is C46H40N2Zr. The first kappa shape index (κ1) is 34.4. The molecule has 238 valence electrons. The number of nitrogens with zero attached hydrogens (tertiary/aromatic N) is 2. The van der Waals surface area contributed by atoms with E-state index < -0.39 is 0 Å². The van der Waals surface area contributed by atoms with Crippen molar-refractivity contribution in [2.75, 3.05) is 0 Å². The smallest absolute Gasteiger partial charge is 0.262 e. The molecule has 4 aromatic carbocycles. The maximum absolute atomic E-state index is 4.51. The second kappa shape index (κ2) is 15.4. The first-order chi connectivity index (χ1) is 23.5. The Labute approximate surface area is 310 Å². The van der Waals surface area contributed by atoms with E-state index in [1.165, 1.54) is 55.6 Å². The van der Waals surface area contributed by atoms with Gasteiger partial charge < -0.3 is 0 Å². The summed E-state index contributed by atoms with van der Waals surface area (Å²) in [6, 6.07) is 43.0. The van der Waals surface area contributed by atoms with Crippen molar-refractivity contribution in [2.24, 2.45) is 0 Å². The van der Waals surface area contributed by atoms with Crippen molar-refractivity contribution >= 4 is 12.2 Å². The SMILES string of the molecule is CC(C)c1ccc(-c2cccc3c2C=[C-]C3c2ccccn2)cc1.CC(C)c1ccc(-c2cccc3c2C=[C-]C3c2ccccn2)cc1.[Zr+2]. The monoisotopic (exact) mass is 710 g/mol. The maximum Gasteiger partial charge on any atom is 2.00 e. The predicted octanol–water partition coefficient (Wildman–Crippen LogP) is 11.7. The fourth-order valence-electron chi connectivity index (χ4n) is 6.69. The van der Waals surface area contributed by atoms with Gasteiger partial charge in [-0.2, -0.15) is 11.1 Å². The standard InChI is InChI=1S/2C23H20N.Zr/c2*1-16(2)17-9-11-18(12-10-17)19-6-5-7-20-21(19)13-14-22(20)23-8-3-4-15-24-23;/h2*3-13,15-16,22H,1-2H3;/q2*-1;+2. The topological polar surface area (TPSA) is 25.8 Å². The van der Waals surface area contributed by atoms with E-state index in [2.05, 4.69) is 159 Å². The molecule has 3 heteroatoms. The number of hydrogen-bond donors (Lipinski definition) is 0. The minimum Gasteiger partial charge on any atom is -0.262 e. The van der Waals surface area contributed by atoms with Crippen LogP contribution in [0.25, 0.3) is 34.4 Å². The molecule has 0 saturated heterocycles. The number of fused-ring (bicyclic) bond motifs is 2. The van der Waals surface area contributed by atoms with E-state index in [4.69, 9.17) is 0 Å². The molecular weight excluding hydrogens is 672 g/mol. The summed E-state index contributed by atoms with van der Waals surface area (Å²) in [6.45, 7) is 8.91. The second-order valence-corrected chi connectivity index (χ2v) is 13.2. The van der Waals surface area contributed by atoms with E-state index in [0.29, 0.717) is 11.8 Å². The average Bonchev–Trinajstić information content (AvgIpc) is 3.78. The van der Waals surface area contributed by atoms with Gasteiger partial charge in [0.25, 0.3) is 0 Å². The third kappa shape index (κ3) is 7.29. The summed E-state index contributed by atoms with van der Waals surface area (Å²) in [4.78, 5) is 9.02. The second-order valence-electron chi connectivity index (χ2n) is 13.2. The molecule has 0 fully saturated rings. The number of hydrogen-bond acceptors (Lipinski definition) is 2. The molecule has 2 aliphatic carbocycles. The molecule has 2 heterocycles. The van der Waals surface area contributed by atoms with E-state index >= 15 is 0 Å². The van der Waals surface area contributed by atoms with Crippen LogP contribution >= 0.6 is 0 Å². The third-order valence-corrected chi connectivity index (χ3v) is 9.43. The van der Waals surface area contributed by atoms with Gasteiger partial charge in [-0.25, -0.2) is 12.2 Å². The first-order valence-electron chi connectivity index (χ1n) is 16.9. The summed E-state index contributed by atoms with van der Waals surface area (Å²) < 4.78 is 0. The molecule has 2 unspecified atom stereocenters. The summed E-state index contributed by atoms with van der Waals surface area (Å²) in [7, 11) is 0. The molecule has 0 N–H and O–H groups in total. The van der Waals surface area contributed by atoms with Crippen molar-refractivity contribution in [1.82, 2.24) is 9.97 Å². The van der Waals surface area contributed by atoms with Crippen LogP contribution in [0.15, 0.2) is 134 Å². The molecule has 49 heavy (non-hydrogen) atoms. The Morgan fingerprint density at radius 1 is 0.469 bits per heavy atom. The minimum absolute atomic E-state index is 0. The molecule has 0 bridgehead atoms. The normalized spacial score (nSPS) is 15.4. The van der Waals surface area contributed by atoms with Crippen LogP contribution < -0.4 is 0 Å². The molecule has 0 spiro atoms. The minimum atomic E-state index is 0. The Hall–Kier alpha value is -4.46. The van der Waals surface area contributed by atoms with Crippen LogP contribution in [0.1, 0.15) is 96.1 Å². The van der Waals surface area contributed by atoms with Gasteiger partial charge in [-0.1, -0.05) is 136 Å². The largest absolute Gasteiger partial charge is 2.00 e. The molecule has 0 radical (unpaired) electrons. The molecule has 0 aliphatic heterocycles. The van der Waals surface area contributed by atoms with Gasteiger partial charge in [0.15, 0.2) is 0 Å². The zero-order valence-corrected chi connectivity index (χ0v) is 31.0. The molecule has 2 atom stereocenters. The van der Waals surface area contributed by atoms with Crippen molar-refractivity contribution in [1.29, 1.82) is 0 Å². The number of aromatic nitrogens is 2. The summed E-state index contributed by atoms with van der Waals surface area (Å²) >= 11 is 0. The van der Waals surface area contributed by atoms with Crippen LogP contribution in [0.4, 0.5) is 0 Å². The number of allylic oxidation sites excluding steroid dienone is 2. The van der Waals surface area contributed by atoms with E-state index in [1.807, 2.05) is 36.7 Å². The van der Waals surface area contributed by atoms with Gasteiger partial charge in [-0.05, 0) is 70.2 Å². The van der Waals surface area contributed by atoms with Crippen molar-refractivity contribution in [3.63, 3.8) is 0 Å². The molecule has 8 rings (SSSR count). The van der Waals surface area contributed by atoms with Gasteiger partial charge in [0.2, 0.25) is 0 Å². The third-order valence-electron chi connectivity index (χ3n) is 9.43. The molecule has 2 aromatic heterocycles. The Morgan fingerprint density at radius 2 is 0.878 bits per heavy atom. The Morgan fingerprint density at radius 3 is 1.22 bits per heavy atom. The molecule has 6 aromatic rings. The quantitative estimate of drug-likeness (QED) is 0.161. The number of rotatable bonds is 6.